The van der Waals surface area contributed by atoms with Crippen LogP contribution in [-0.2, 0) is 6.54 Å². The van der Waals surface area contributed by atoms with E-state index in [0.29, 0.717) is 17.8 Å². The molecule has 2 heterocycles. The van der Waals surface area contributed by atoms with Gasteiger partial charge < -0.3 is 10.6 Å². The molecular weight excluding hydrogens is 368 g/mol. The standard InChI is InChI=1S/C18H15BrN4O/c19-16-6-2-1-5-15(16)18(24)23-14-7-8-17(22-12-14)21-11-13-4-3-9-20-10-13/h1-10,12H,11H2,(H,21,22)(H,23,24). The Hall–Kier alpha value is -2.73. The van der Waals surface area contributed by atoms with Crippen LogP contribution in [0.2, 0.25) is 0 Å². The molecule has 0 aliphatic rings. The average molecular weight is 383 g/mol. The molecule has 0 spiro atoms. The first-order valence-corrected chi connectivity index (χ1v) is 8.16. The lowest BCUT2D eigenvalue weighted by Gasteiger charge is -2.08. The van der Waals surface area contributed by atoms with Crippen LogP contribution in [0, 0.1) is 0 Å². The number of carbonyl (C=O) groups excluding carboxylic acids is 1. The molecule has 5 nitrogen and oxygen atoms in total. The van der Waals surface area contributed by atoms with Crippen LogP contribution in [0.3, 0.4) is 0 Å². The van der Waals surface area contributed by atoms with E-state index in [9.17, 15) is 4.79 Å². The second kappa shape index (κ2) is 7.70. The average Bonchev–Trinajstić information content (AvgIpc) is 2.62. The van der Waals surface area contributed by atoms with Gasteiger partial charge in [-0.1, -0.05) is 18.2 Å². The summed E-state index contributed by atoms with van der Waals surface area (Å²) in [5.41, 5.74) is 2.30. The Bertz CT molecular complexity index is 822. The van der Waals surface area contributed by atoms with Gasteiger partial charge in [0.05, 0.1) is 17.4 Å². The number of nitrogens with one attached hydrogen (secondary N) is 2. The van der Waals surface area contributed by atoms with Gasteiger partial charge in [-0.15, -0.1) is 0 Å². The number of rotatable bonds is 5. The van der Waals surface area contributed by atoms with E-state index in [1.165, 1.54) is 0 Å². The predicted molar refractivity (Wildman–Crippen MR) is 97.9 cm³/mol. The van der Waals surface area contributed by atoms with Gasteiger partial charge in [-0.2, -0.15) is 0 Å². The monoisotopic (exact) mass is 382 g/mol. The van der Waals surface area contributed by atoms with Crippen molar-refractivity contribution >= 4 is 33.3 Å². The minimum atomic E-state index is -0.180. The first kappa shape index (κ1) is 16.1. The number of halogens is 1. The van der Waals surface area contributed by atoms with Crippen LogP contribution in [0.4, 0.5) is 11.5 Å². The Labute approximate surface area is 148 Å². The lowest BCUT2D eigenvalue weighted by atomic mass is 10.2. The second-order valence-corrected chi connectivity index (χ2v) is 5.94. The van der Waals surface area contributed by atoms with Crippen molar-refractivity contribution in [3.63, 3.8) is 0 Å². The highest BCUT2D eigenvalue weighted by Gasteiger charge is 2.09. The Morgan fingerprint density at radius 2 is 1.92 bits per heavy atom. The molecule has 0 atom stereocenters. The summed E-state index contributed by atoms with van der Waals surface area (Å²) in [7, 11) is 0. The zero-order valence-corrected chi connectivity index (χ0v) is 14.3. The Morgan fingerprint density at radius 3 is 2.62 bits per heavy atom. The molecule has 3 aromatic rings. The number of amides is 1. The van der Waals surface area contributed by atoms with E-state index in [0.717, 1.165) is 15.9 Å². The van der Waals surface area contributed by atoms with Gasteiger partial charge in [0.15, 0.2) is 0 Å². The topological polar surface area (TPSA) is 66.9 Å². The molecule has 24 heavy (non-hydrogen) atoms. The van der Waals surface area contributed by atoms with Crippen molar-refractivity contribution in [2.45, 2.75) is 6.54 Å². The summed E-state index contributed by atoms with van der Waals surface area (Å²) in [6, 6.07) is 14.8. The van der Waals surface area contributed by atoms with Gasteiger partial charge in [0.1, 0.15) is 5.82 Å². The highest BCUT2D eigenvalue weighted by molar-refractivity contribution is 9.10. The molecule has 0 fully saturated rings. The fourth-order valence-electron chi connectivity index (χ4n) is 2.11. The van der Waals surface area contributed by atoms with Crippen LogP contribution in [0.15, 0.2) is 71.6 Å². The number of anilines is 2. The number of benzene rings is 1. The minimum Gasteiger partial charge on any atom is -0.366 e. The van der Waals surface area contributed by atoms with Crippen LogP contribution in [0.5, 0.6) is 0 Å². The first-order valence-electron chi connectivity index (χ1n) is 7.37. The zero-order chi connectivity index (χ0) is 16.8. The van der Waals surface area contributed by atoms with E-state index in [4.69, 9.17) is 0 Å². The van der Waals surface area contributed by atoms with Crippen LogP contribution in [-0.4, -0.2) is 15.9 Å². The SMILES string of the molecule is O=C(Nc1ccc(NCc2cccnc2)nc1)c1ccccc1Br. The number of hydrogen-bond acceptors (Lipinski definition) is 4. The molecule has 0 unspecified atom stereocenters. The van der Waals surface area contributed by atoms with Gasteiger partial charge in [0, 0.05) is 23.4 Å². The van der Waals surface area contributed by atoms with Crippen LogP contribution >= 0.6 is 15.9 Å². The van der Waals surface area contributed by atoms with Gasteiger partial charge in [-0.3, -0.25) is 9.78 Å². The molecule has 120 valence electrons. The molecule has 0 aliphatic heterocycles. The molecule has 0 radical (unpaired) electrons. The van der Waals surface area contributed by atoms with Gasteiger partial charge in [0.2, 0.25) is 0 Å². The van der Waals surface area contributed by atoms with Crippen LogP contribution in [0.1, 0.15) is 15.9 Å². The third kappa shape index (κ3) is 4.17. The molecule has 1 aromatic carbocycles. The normalized spacial score (nSPS) is 10.2. The molecular formula is C18H15BrN4O. The van der Waals surface area contributed by atoms with Crippen molar-refractivity contribution in [2.75, 3.05) is 10.6 Å². The summed E-state index contributed by atoms with van der Waals surface area (Å²) in [6.07, 6.45) is 5.17. The summed E-state index contributed by atoms with van der Waals surface area (Å²) in [6.45, 7) is 0.642. The molecule has 3 rings (SSSR count). The molecule has 0 bridgehead atoms. The molecule has 2 aromatic heterocycles. The van der Waals surface area contributed by atoms with Crippen molar-refractivity contribution in [1.29, 1.82) is 0 Å². The Balaban J connectivity index is 1.60. The van der Waals surface area contributed by atoms with Gasteiger partial charge >= 0.3 is 0 Å². The summed E-state index contributed by atoms with van der Waals surface area (Å²) in [5.74, 6) is 0.554. The van der Waals surface area contributed by atoms with Gasteiger partial charge in [-0.05, 0) is 51.8 Å². The number of aromatic nitrogens is 2. The summed E-state index contributed by atoms with van der Waals surface area (Å²) in [4.78, 5) is 20.6. The van der Waals surface area contributed by atoms with E-state index in [1.54, 1.807) is 24.7 Å². The van der Waals surface area contributed by atoms with E-state index >= 15 is 0 Å². The molecule has 0 aliphatic carbocycles. The molecule has 2 N–H and O–H groups in total. The third-order valence-electron chi connectivity index (χ3n) is 3.34. The molecule has 0 saturated heterocycles. The van der Waals surface area contributed by atoms with Crippen molar-refractivity contribution in [3.05, 3.63) is 82.7 Å². The quantitative estimate of drug-likeness (QED) is 0.696. The van der Waals surface area contributed by atoms with Gasteiger partial charge in [-0.25, -0.2) is 4.98 Å². The van der Waals surface area contributed by atoms with E-state index in [-0.39, 0.29) is 5.91 Å². The largest absolute Gasteiger partial charge is 0.366 e. The number of nitrogens with zero attached hydrogens (tertiary/aromatic N) is 2. The Kier molecular flexibility index (Phi) is 5.18. The van der Waals surface area contributed by atoms with Crippen molar-refractivity contribution in [3.8, 4) is 0 Å². The summed E-state index contributed by atoms with van der Waals surface area (Å²) < 4.78 is 0.755. The first-order chi connectivity index (χ1) is 11.7. The zero-order valence-electron chi connectivity index (χ0n) is 12.7. The van der Waals surface area contributed by atoms with E-state index in [2.05, 4.69) is 36.5 Å². The number of hydrogen-bond donors (Lipinski definition) is 2. The highest BCUT2D eigenvalue weighted by atomic mass is 79.9. The maximum atomic E-state index is 12.2. The maximum Gasteiger partial charge on any atom is 0.256 e. The lowest BCUT2D eigenvalue weighted by molar-refractivity contribution is 0.102. The fraction of sp³-hybridized carbons (Fsp3) is 0.0556. The van der Waals surface area contributed by atoms with Crippen molar-refractivity contribution in [1.82, 2.24) is 9.97 Å². The van der Waals surface area contributed by atoms with Crippen molar-refractivity contribution in [2.24, 2.45) is 0 Å². The molecule has 0 saturated carbocycles. The predicted octanol–water partition coefficient (Wildman–Crippen LogP) is 4.10. The minimum absolute atomic E-state index is 0.180. The molecule has 1 amide bonds. The van der Waals surface area contributed by atoms with Crippen LogP contribution < -0.4 is 10.6 Å². The fourth-order valence-corrected chi connectivity index (χ4v) is 2.58. The van der Waals surface area contributed by atoms with E-state index < -0.39 is 0 Å². The van der Waals surface area contributed by atoms with Gasteiger partial charge in [0.25, 0.3) is 5.91 Å². The molecule has 6 heteroatoms. The maximum absolute atomic E-state index is 12.2. The third-order valence-corrected chi connectivity index (χ3v) is 4.03. The number of pyridine rings is 2. The highest BCUT2D eigenvalue weighted by Crippen LogP contribution is 2.18. The lowest BCUT2D eigenvalue weighted by Crippen LogP contribution is -2.12. The second-order valence-electron chi connectivity index (χ2n) is 5.08. The smallest absolute Gasteiger partial charge is 0.256 e. The van der Waals surface area contributed by atoms with Crippen molar-refractivity contribution < 1.29 is 4.79 Å². The number of carbonyl (C=O) groups is 1. The Morgan fingerprint density at radius 1 is 1.04 bits per heavy atom. The summed E-state index contributed by atoms with van der Waals surface area (Å²) >= 11 is 3.37. The summed E-state index contributed by atoms with van der Waals surface area (Å²) in [5, 5.41) is 6.04. The van der Waals surface area contributed by atoms with Crippen LogP contribution in [0.25, 0.3) is 0 Å². The van der Waals surface area contributed by atoms with E-state index in [1.807, 2.05) is 42.5 Å².